The molecule has 3 N–H and O–H groups in total. The van der Waals surface area contributed by atoms with Crippen molar-refractivity contribution in [2.75, 3.05) is 5.32 Å². The third kappa shape index (κ3) is 5.50. The largest absolute Gasteiger partial charge is 0.465 e. The van der Waals surface area contributed by atoms with Gasteiger partial charge in [-0.2, -0.15) is 0 Å². The zero-order valence-corrected chi connectivity index (χ0v) is 17.7. The standard InChI is InChI=1S/C25H20N4O4/c1-16-13-22(30)29-23(26-16)18-9-5-10-19(14-18)27-25(32)21(15-20-11-6-12-33-20)28-24(31)17-7-3-2-4-8-17/h2-15H,1H3,(H,27,32)(H,28,31)(H,26,29,30). The molecule has 4 aromatic rings. The molecule has 164 valence electrons. The van der Waals surface area contributed by atoms with E-state index in [1.807, 2.05) is 0 Å². The number of carbonyl (C=O) groups is 2. The predicted molar refractivity (Wildman–Crippen MR) is 124 cm³/mol. The number of aromatic nitrogens is 2. The molecule has 8 nitrogen and oxygen atoms in total. The van der Waals surface area contributed by atoms with Gasteiger partial charge in [-0.15, -0.1) is 0 Å². The summed E-state index contributed by atoms with van der Waals surface area (Å²) in [6.07, 6.45) is 2.92. The topological polar surface area (TPSA) is 117 Å². The Kier molecular flexibility index (Phi) is 6.26. The van der Waals surface area contributed by atoms with Crippen LogP contribution in [0.2, 0.25) is 0 Å². The summed E-state index contributed by atoms with van der Waals surface area (Å²) in [7, 11) is 0. The highest BCUT2D eigenvalue weighted by atomic mass is 16.3. The van der Waals surface area contributed by atoms with Crippen molar-refractivity contribution in [3.8, 4) is 11.4 Å². The van der Waals surface area contributed by atoms with Gasteiger partial charge in [0.15, 0.2) is 0 Å². The maximum atomic E-state index is 13.1. The highest BCUT2D eigenvalue weighted by Gasteiger charge is 2.16. The Bertz CT molecular complexity index is 1370. The minimum absolute atomic E-state index is 0.00583. The molecule has 0 saturated carbocycles. The smallest absolute Gasteiger partial charge is 0.272 e. The van der Waals surface area contributed by atoms with E-state index in [1.165, 1.54) is 18.4 Å². The van der Waals surface area contributed by atoms with Crippen LogP contribution in [0.5, 0.6) is 0 Å². The lowest BCUT2D eigenvalue weighted by Gasteiger charge is -2.12. The second-order valence-electron chi connectivity index (χ2n) is 7.16. The van der Waals surface area contributed by atoms with Gasteiger partial charge in [-0.25, -0.2) is 4.98 Å². The molecule has 2 aromatic carbocycles. The molecule has 4 rings (SSSR count). The molecule has 0 atom stereocenters. The Morgan fingerprint density at radius 2 is 1.82 bits per heavy atom. The Hall–Kier alpha value is -4.72. The first-order valence-electron chi connectivity index (χ1n) is 10.1. The summed E-state index contributed by atoms with van der Waals surface area (Å²) in [4.78, 5) is 44.5. The van der Waals surface area contributed by atoms with E-state index in [0.29, 0.717) is 34.1 Å². The molecular weight excluding hydrogens is 420 g/mol. The van der Waals surface area contributed by atoms with Gasteiger partial charge < -0.3 is 20.0 Å². The Balaban J connectivity index is 1.59. The van der Waals surface area contributed by atoms with E-state index in [1.54, 1.807) is 73.7 Å². The van der Waals surface area contributed by atoms with Gasteiger partial charge in [0.05, 0.1) is 6.26 Å². The van der Waals surface area contributed by atoms with Crippen molar-refractivity contribution >= 4 is 23.6 Å². The number of hydrogen-bond donors (Lipinski definition) is 3. The fraction of sp³-hybridized carbons (Fsp3) is 0.0400. The van der Waals surface area contributed by atoms with Gasteiger partial charge in [0.1, 0.15) is 17.3 Å². The summed E-state index contributed by atoms with van der Waals surface area (Å²) < 4.78 is 5.30. The third-order valence-corrected chi connectivity index (χ3v) is 4.62. The SMILES string of the molecule is Cc1cc(=O)[nH]c(-c2cccc(NC(=O)C(=Cc3ccco3)NC(=O)c3ccccc3)c2)n1. The van der Waals surface area contributed by atoms with E-state index in [9.17, 15) is 14.4 Å². The van der Waals surface area contributed by atoms with Crippen LogP contribution in [-0.2, 0) is 4.79 Å². The highest BCUT2D eigenvalue weighted by Crippen LogP contribution is 2.19. The van der Waals surface area contributed by atoms with E-state index < -0.39 is 11.8 Å². The van der Waals surface area contributed by atoms with E-state index in [2.05, 4.69) is 20.6 Å². The number of benzene rings is 2. The lowest BCUT2D eigenvalue weighted by molar-refractivity contribution is -0.113. The Morgan fingerprint density at radius 1 is 1.00 bits per heavy atom. The van der Waals surface area contributed by atoms with Gasteiger partial charge >= 0.3 is 0 Å². The van der Waals surface area contributed by atoms with Crippen molar-refractivity contribution in [3.63, 3.8) is 0 Å². The third-order valence-electron chi connectivity index (χ3n) is 4.62. The number of aryl methyl sites for hydroxylation is 1. The number of amides is 2. The predicted octanol–water partition coefficient (Wildman–Crippen LogP) is 3.75. The number of nitrogens with zero attached hydrogens (tertiary/aromatic N) is 1. The molecule has 0 bridgehead atoms. The number of nitrogens with one attached hydrogen (secondary N) is 3. The van der Waals surface area contributed by atoms with Gasteiger partial charge in [-0.3, -0.25) is 14.4 Å². The van der Waals surface area contributed by atoms with E-state index in [-0.39, 0.29) is 11.3 Å². The van der Waals surface area contributed by atoms with Gasteiger partial charge in [0, 0.05) is 34.7 Å². The van der Waals surface area contributed by atoms with Crippen LogP contribution in [0.4, 0.5) is 5.69 Å². The minimum atomic E-state index is -0.543. The zero-order valence-electron chi connectivity index (χ0n) is 17.7. The summed E-state index contributed by atoms with van der Waals surface area (Å²) in [6.45, 7) is 1.73. The molecule has 0 unspecified atom stereocenters. The van der Waals surface area contributed by atoms with Gasteiger partial charge in [-0.05, 0) is 43.3 Å². The molecule has 0 radical (unpaired) electrons. The first-order chi connectivity index (χ1) is 16.0. The van der Waals surface area contributed by atoms with Crippen LogP contribution < -0.4 is 16.2 Å². The first kappa shape index (κ1) is 21.5. The fourth-order valence-electron chi connectivity index (χ4n) is 3.12. The van der Waals surface area contributed by atoms with Crippen LogP contribution in [0.15, 0.2) is 94.0 Å². The maximum Gasteiger partial charge on any atom is 0.272 e. The molecule has 8 heteroatoms. The van der Waals surface area contributed by atoms with Crippen LogP contribution >= 0.6 is 0 Å². The van der Waals surface area contributed by atoms with Crippen LogP contribution in [0.25, 0.3) is 17.5 Å². The summed E-state index contributed by atoms with van der Waals surface area (Å²) in [5.41, 5.74) is 1.81. The number of H-pyrrole nitrogens is 1. The summed E-state index contributed by atoms with van der Waals surface area (Å²) >= 11 is 0. The molecule has 0 saturated heterocycles. The molecule has 0 aliphatic rings. The summed E-state index contributed by atoms with van der Waals surface area (Å²) in [6, 6.07) is 20.2. The van der Waals surface area contributed by atoms with Crippen LogP contribution in [-0.4, -0.2) is 21.8 Å². The molecule has 0 fully saturated rings. The number of rotatable bonds is 6. The van der Waals surface area contributed by atoms with Gasteiger partial charge in [0.25, 0.3) is 17.4 Å². The van der Waals surface area contributed by atoms with Gasteiger partial charge in [0.2, 0.25) is 0 Å². The van der Waals surface area contributed by atoms with Crippen molar-refractivity contribution in [1.82, 2.24) is 15.3 Å². The molecule has 2 amide bonds. The normalized spacial score (nSPS) is 11.1. The zero-order chi connectivity index (χ0) is 23.2. The van der Waals surface area contributed by atoms with E-state index >= 15 is 0 Å². The molecule has 0 aliphatic heterocycles. The summed E-state index contributed by atoms with van der Waals surface area (Å²) in [5.74, 6) is -0.180. The molecule has 0 aliphatic carbocycles. The molecule has 2 heterocycles. The van der Waals surface area contributed by atoms with Crippen molar-refractivity contribution in [3.05, 3.63) is 112 Å². The number of hydrogen-bond acceptors (Lipinski definition) is 5. The van der Waals surface area contributed by atoms with Crippen molar-refractivity contribution in [2.24, 2.45) is 0 Å². The number of furan rings is 1. The number of aromatic amines is 1. The Labute approximate surface area is 189 Å². The molecule has 33 heavy (non-hydrogen) atoms. The first-order valence-corrected chi connectivity index (χ1v) is 10.1. The van der Waals surface area contributed by atoms with Crippen LogP contribution in [0, 0.1) is 6.92 Å². The molecule has 0 spiro atoms. The molecule has 2 aromatic heterocycles. The lowest BCUT2D eigenvalue weighted by Crippen LogP contribution is -2.30. The average Bonchev–Trinajstić information content (AvgIpc) is 3.32. The lowest BCUT2D eigenvalue weighted by atomic mass is 10.1. The highest BCUT2D eigenvalue weighted by molar-refractivity contribution is 6.10. The maximum absolute atomic E-state index is 13.1. The van der Waals surface area contributed by atoms with E-state index in [4.69, 9.17) is 4.42 Å². The average molecular weight is 440 g/mol. The van der Waals surface area contributed by atoms with E-state index in [0.717, 1.165) is 0 Å². The second kappa shape index (κ2) is 9.61. The number of carbonyl (C=O) groups excluding carboxylic acids is 2. The Morgan fingerprint density at radius 3 is 2.55 bits per heavy atom. The quantitative estimate of drug-likeness (QED) is 0.395. The fourth-order valence-corrected chi connectivity index (χ4v) is 3.12. The van der Waals surface area contributed by atoms with Crippen molar-refractivity contribution < 1.29 is 14.0 Å². The van der Waals surface area contributed by atoms with Crippen molar-refractivity contribution in [2.45, 2.75) is 6.92 Å². The number of anilines is 1. The summed E-state index contributed by atoms with van der Waals surface area (Å²) in [5, 5.41) is 5.41. The monoisotopic (exact) mass is 440 g/mol. The van der Waals surface area contributed by atoms with Gasteiger partial charge in [-0.1, -0.05) is 30.3 Å². The molecular formula is C25H20N4O4. The second-order valence-corrected chi connectivity index (χ2v) is 7.16. The minimum Gasteiger partial charge on any atom is -0.465 e. The van der Waals surface area contributed by atoms with Crippen LogP contribution in [0.3, 0.4) is 0 Å². The van der Waals surface area contributed by atoms with Crippen molar-refractivity contribution in [1.29, 1.82) is 0 Å². The van der Waals surface area contributed by atoms with Crippen LogP contribution in [0.1, 0.15) is 21.8 Å².